The summed E-state index contributed by atoms with van der Waals surface area (Å²) in [4.78, 5) is 2.23. The summed E-state index contributed by atoms with van der Waals surface area (Å²) in [5.41, 5.74) is 1.78. The first kappa shape index (κ1) is 15.7. The minimum absolute atomic E-state index is 0.170. The highest BCUT2D eigenvalue weighted by molar-refractivity contribution is 5.37. The van der Waals surface area contributed by atoms with Crippen LogP contribution in [0.5, 0.6) is 0 Å². The molecule has 0 unspecified atom stereocenters. The third-order valence-corrected chi connectivity index (χ3v) is 3.32. The first-order valence-electron chi connectivity index (χ1n) is 6.88. The van der Waals surface area contributed by atoms with Gasteiger partial charge in [-0.3, -0.25) is 4.90 Å². The molecule has 0 spiro atoms. The molecule has 0 bridgehead atoms. The Hall–Kier alpha value is -1.37. The molecule has 0 fully saturated rings. The van der Waals surface area contributed by atoms with Crippen molar-refractivity contribution in [2.24, 2.45) is 0 Å². The zero-order chi connectivity index (χ0) is 14.3. The van der Waals surface area contributed by atoms with Crippen molar-refractivity contribution in [2.45, 2.75) is 39.2 Å². The summed E-state index contributed by atoms with van der Waals surface area (Å²) < 4.78 is 0. The summed E-state index contributed by atoms with van der Waals surface area (Å²) in [5.74, 6) is 0. The predicted octanol–water partition coefficient (Wildman–Crippen LogP) is 2.69. The number of aliphatic hydroxyl groups is 1. The fourth-order valence-electron chi connectivity index (χ4n) is 2.30. The molecular formula is C16H24N2O. The number of nitriles is 1. The Kier molecular flexibility index (Phi) is 6.01. The van der Waals surface area contributed by atoms with E-state index in [4.69, 9.17) is 5.11 Å². The number of benzene rings is 1. The fourth-order valence-corrected chi connectivity index (χ4v) is 2.30. The van der Waals surface area contributed by atoms with Gasteiger partial charge in [-0.1, -0.05) is 31.2 Å². The molecule has 0 aliphatic rings. The van der Waals surface area contributed by atoms with Gasteiger partial charge in [0.2, 0.25) is 0 Å². The van der Waals surface area contributed by atoms with Crippen LogP contribution < -0.4 is 0 Å². The Morgan fingerprint density at radius 2 is 1.95 bits per heavy atom. The lowest BCUT2D eigenvalue weighted by atomic mass is 9.83. The Bertz CT molecular complexity index is 429. The molecule has 0 atom stereocenters. The summed E-state index contributed by atoms with van der Waals surface area (Å²) >= 11 is 0. The number of aliphatic hydroxyl groups excluding tert-OH is 1. The monoisotopic (exact) mass is 260 g/mol. The number of hydrogen-bond acceptors (Lipinski definition) is 3. The first-order valence-corrected chi connectivity index (χ1v) is 6.88. The Morgan fingerprint density at radius 1 is 1.26 bits per heavy atom. The van der Waals surface area contributed by atoms with Gasteiger partial charge in [0, 0.05) is 13.1 Å². The van der Waals surface area contributed by atoms with Crippen LogP contribution in [0.4, 0.5) is 0 Å². The van der Waals surface area contributed by atoms with Crippen molar-refractivity contribution in [3.8, 4) is 6.07 Å². The third-order valence-electron chi connectivity index (χ3n) is 3.32. The summed E-state index contributed by atoms with van der Waals surface area (Å²) in [6.07, 6.45) is 1.06. The van der Waals surface area contributed by atoms with E-state index in [0.29, 0.717) is 6.54 Å². The minimum Gasteiger partial charge on any atom is -0.395 e. The fraction of sp³-hybridized carbons (Fsp3) is 0.562. The zero-order valence-corrected chi connectivity index (χ0v) is 12.2. The molecule has 104 valence electrons. The molecule has 0 aliphatic heterocycles. The maximum absolute atomic E-state index is 9.31. The van der Waals surface area contributed by atoms with Crippen LogP contribution in [-0.4, -0.2) is 29.7 Å². The lowest BCUT2D eigenvalue weighted by Gasteiger charge is -2.25. The van der Waals surface area contributed by atoms with Gasteiger partial charge in [-0.05, 0) is 37.9 Å². The van der Waals surface area contributed by atoms with Crippen LogP contribution in [0.15, 0.2) is 24.3 Å². The molecule has 3 nitrogen and oxygen atoms in total. The molecule has 1 rings (SSSR count). The lowest BCUT2D eigenvalue weighted by Crippen LogP contribution is -2.29. The second-order valence-corrected chi connectivity index (χ2v) is 5.39. The molecule has 0 aliphatic carbocycles. The van der Waals surface area contributed by atoms with Gasteiger partial charge in [-0.2, -0.15) is 5.26 Å². The van der Waals surface area contributed by atoms with Crippen molar-refractivity contribution >= 4 is 0 Å². The molecule has 3 heteroatoms. The molecular weight excluding hydrogens is 236 g/mol. The van der Waals surface area contributed by atoms with Crippen LogP contribution in [0.3, 0.4) is 0 Å². The zero-order valence-electron chi connectivity index (χ0n) is 12.2. The Morgan fingerprint density at radius 3 is 2.53 bits per heavy atom. The van der Waals surface area contributed by atoms with Crippen LogP contribution in [0, 0.1) is 11.3 Å². The second kappa shape index (κ2) is 7.28. The predicted molar refractivity (Wildman–Crippen MR) is 77.7 cm³/mol. The Balaban J connectivity index is 2.97. The van der Waals surface area contributed by atoms with E-state index < -0.39 is 5.41 Å². The van der Waals surface area contributed by atoms with Gasteiger partial charge in [0.1, 0.15) is 0 Å². The smallest absolute Gasteiger partial charge is 0.0769 e. The molecule has 0 radical (unpaired) electrons. The first-order chi connectivity index (χ1) is 9.05. The van der Waals surface area contributed by atoms with Gasteiger partial charge in [0.15, 0.2) is 0 Å². The number of hydrogen-bond donors (Lipinski definition) is 1. The van der Waals surface area contributed by atoms with Crippen molar-refractivity contribution < 1.29 is 5.11 Å². The van der Waals surface area contributed by atoms with Gasteiger partial charge in [0.25, 0.3) is 0 Å². The summed E-state index contributed by atoms with van der Waals surface area (Å²) in [6, 6.07) is 10.5. The van der Waals surface area contributed by atoms with Crippen molar-refractivity contribution in [3.63, 3.8) is 0 Å². The van der Waals surface area contributed by atoms with E-state index in [1.165, 1.54) is 5.56 Å². The van der Waals surface area contributed by atoms with Crippen LogP contribution in [0.2, 0.25) is 0 Å². The van der Waals surface area contributed by atoms with Crippen molar-refractivity contribution in [1.82, 2.24) is 4.90 Å². The van der Waals surface area contributed by atoms with Crippen LogP contribution in [-0.2, 0) is 12.0 Å². The van der Waals surface area contributed by atoms with E-state index in [-0.39, 0.29) is 6.61 Å². The highest BCUT2D eigenvalue weighted by Gasteiger charge is 2.23. The van der Waals surface area contributed by atoms with E-state index in [1.54, 1.807) is 0 Å². The second-order valence-electron chi connectivity index (χ2n) is 5.39. The van der Waals surface area contributed by atoms with Crippen molar-refractivity contribution in [3.05, 3.63) is 35.4 Å². The summed E-state index contributed by atoms with van der Waals surface area (Å²) in [6.45, 7) is 8.62. The van der Waals surface area contributed by atoms with E-state index >= 15 is 0 Å². The highest BCUT2D eigenvalue weighted by Crippen LogP contribution is 2.26. The largest absolute Gasteiger partial charge is 0.395 e. The Labute approximate surface area is 116 Å². The summed E-state index contributed by atoms with van der Waals surface area (Å²) in [5, 5.41) is 18.4. The summed E-state index contributed by atoms with van der Waals surface area (Å²) in [7, 11) is 0. The van der Waals surface area contributed by atoms with Gasteiger partial charge in [-0.25, -0.2) is 0 Å². The van der Waals surface area contributed by atoms with Crippen LogP contribution in [0.1, 0.15) is 38.3 Å². The average Bonchev–Trinajstić information content (AvgIpc) is 2.40. The molecule has 1 N–H and O–H groups in total. The number of rotatable bonds is 7. The van der Waals surface area contributed by atoms with Crippen molar-refractivity contribution in [1.29, 1.82) is 5.26 Å². The molecule has 0 saturated heterocycles. The molecule has 19 heavy (non-hydrogen) atoms. The SMILES string of the molecule is CCCN(CCO)Cc1ccccc1C(C)(C)C#N. The molecule has 1 aromatic carbocycles. The average molecular weight is 260 g/mol. The van der Waals surface area contributed by atoms with Crippen LogP contribution >= 0.6 is 0 Å². The van der Waals surface area contributed by atoms with E-state index in [2.05, 4.69) is 24.0 Å². The molecule has 0 heterocycles. The lowest BCUT2D eigenvalue weighted by molar-refractivity contribution is 0.190. The van der Waals surface area contributed by atoms with E-state index in [0.717, 1.165) is 25.1 Å². The van der Waals surface area contributed by atoms with Gasteiger partial charge in [-0.15, -0.1) is 0 Å². The molecule has 0 aromatic heterocycles. The van der Waals surface area contributed by atoms with E-state index in [9.17, 15) is 5.26 Å². The van der Waals surface area contributed by atoms with Crippen LogP contribution in [0.25, 0.3) is 0 Å². The molecule has 1 aromatic rings. The van der Waals surface area contributed by atoms with Gasteiger partial charge >= 0.3 is 0 Å². The molecule has 0 amide bonds. The standard InChI is InChI=1S/C16H24N2O/c1-4-9-18(10-11-19)12-14-7-5-6-8-15(14)16(2,3)13-17/h5-8,19H,4,9-12H2,1-3H3. The topological polar surface area (TPSA) is 47.3 Å². The van der Waals surface area contributed by atoms with Gasteiger partial charge in [0.05, 0.1) is 18.1 Å². The highest BCUT2D eigenvalue weighted by atomic mass is 16.3. The maximum atomic E-state index is 9.31. The van der Waals surface area contributed by atoms with Crippen molar-refractivity contribution in [2.75, 3.05) is 19.7 Å². The quantitative estimate of drug-likeness (QED) is 0.820. The number of nitrogens with zero attached hydrogens (tertiary/aromatic N) is 2. The maximum Gasteiger partial charge on any atom is 0.0769 e. The van der Waals surface area contributed by atoms with E-state index in [1.807, 2.05) is 32.0 Å². The normalized spacial score (nSPS) is 11.6. The van der Waals surface area contributed by atoms with Gasteiger partial charge < -0.3 is 5.11 Å². The molecule has 0 saturated carbocycles. The third kappa shape index (κ3) is 4.34. The minimum atomic E-state index is -0.478.